The fourth-order valence-corrected chi connectivity index (χ4v) is 2.72. The molecule has 3 nitrogen and oxygen atoms in total. The molecule has 0 radical (unpaired) electrons. The smallest absolute Gasteiger partial charge is 0.328 e. The van der Waals surface area contributed by atoms with Crippen molar-refractivity contribution in [3.8, 4) is 0 Å². The van der Waals surface area contributed by atoms with Gasteiger partial charge in [0.15, 0.2) is 0 Å². The van der Waals surface area contributed by atoms with Gasteiger partial charge in [-0.3, -0.25) is 4.90 Å². The molecule has 20 heavy (non-hydrogen) atoms. The van der Waals surface area contributed by atoms with Crippen LogP contribution in [0.25, 0.3) is 6.08 Å². The molecule has 1 unspecified atom stereocenters. The van der Waals surface area contributed by atoms with Crippen molar-refractivity contribution in [1.29, 1.82) is 0 Å². The van der Waals surface area contributed by atoms with Crippen molar-refractivity contribution < 1.29 is 9.90 Å². The van der Waals surface area contributed by atoms with Crippen molar-refractivity contribution in [2.45, 2.75) is 32.7 Å². The quantitative estimate of drug-likeness (QED) is 0.855. The van der Waals surface area contributed by atoms with Crippen LogP contribution in [-0.4, -0.2) is 29.1 Å². The molecule has 1 aromatic rings. The van der Waals surface area contributed by atoms with Gasteiger partial charge in [0.2, 0.25) is 0 Å². The number of carbonyl (C=O) groups is 1. The van der Waals surface area contributed by atoms with Crippen LogP contribution in [0, 0.1) is 5.92 Å². The van der Waals surface area contributed by atoms with E-state index in [2.05, 4.69) is 17.9 Å². The van der Waals surface area contributed by atoms with Gasteiger partial charge >= 0.3 is 5.97 Å². The average Bonchev–Trinajstić information content (AvgIpc) is 2.63. The Morgan fingerprint density at radius 2 is 2.15 bits per heavy atom. The van der Waals surface area contributed by atoms with E-state index in [-0.39, 0.29) is 0 Å². The second kappa shape index (κ2) is 7.25. The van der Waals surface area contributed by atoms with Gasteiger partial charge in [0.1, 0.15) is 0 Å². The summed E-state index contributed by atoms with van der Waals surface area (Å²) in [6.07, 6.45) is 6.74. The number of hydrogen-bond acceptors (Lipinski definition) is 2. The minimum Gasteiger partial charge on any atom is -0.478 e. The molecule has 1 heterocycles. The molecule has 3 heteroatoms. The van der Waals surface area contributed by atoms with E-state index < -0.39 is 5.97 Å². The number of rotatable bonds is 4. The highest BCUT2D eigenvalue weighted by atomic mass is 16.4. The number of carboxylic acid groups (broad SMARTS) is 1. The first kappa shape index (κ1) is 14.8. The number of likely N-dealkylation sites (tertiary alicyclic amines) is 1. The second-order valence-electron chi connectivity index (χ2n) is 5.68. The van der Waals surface area contributed by atoms with Crippen LogP contribution in [0.3, 0.4) is 0 Å². The van der Waals surface area contributed by atoms with Gasteiger partial charge in [-0.2, -0.15) is 0 Å². The predicted octanol–water partition coefficient (Wildman–Crippen LogP) is 3.41. The molecule has 108 valence electrons. The molecule has 1 fully saturated rings. The molecular weight excluding hydrogens is 250 g/mol. The van der Waals surface area contributed by atoms with Crippen molar-refractivity contribution in [3.05, 3.63) is 41.5 Å². The zero-order chi connectivity index (χ0) is 14.4. The summed E-state index contributed by atoms with van der Waals surface area (Å²) in [5.74, 6) is -0.0782. The van der Waals surface area contributed by atoms with Crippen LogP contribution in [0.4, 0.5) is 0 Å². The third kappa shape index (κ3) is 4.49. The molecule has 0 amide bonds. The molecule has 0 bridgehead atoms. The molecule has 1 aromatic carbocycles. The van der Waals surface area contributed by atoms with Gasteiger partial charge in [0.25, 0.3) is 0 Å². The summed E-state index contributed by atoms with van der Waals surface area (Å²) in [7, 11) is 0. The maximum absolute atomic E-state index is 10.7. The van der Waals surface area contributed by atoms with Crippen LogP contribution < -0.4 is 0 Å². The Labute approximate surface area is 120 Å². The third-order valence-corrected chi connectivity index (χ3v) is 3.96. The van der Waals surface area contributed by atoms with Gasteiger partial charge in [-0.05, 0) is 55.5 Å². The van der Waals surface area contributed by atoms with Gasteiger partial charge < -0.3 is 5.11 Å². The summed E-state index contributed by atoms with van der Waals surface area (Å²) in [6, 6.07) is 8.05. The molecule has 2 rings (SSSR count). The van der Waals surface area contributed by atoms with Crippen LogP contribution in [0.2, 0.25) is 0 Å². The van der Waals surface area contributed by atoms with Crippen LogP contribution in [0.5, 0.6) is 0 Å². The Morgan fingerprint density at radius 3 is 2.95 bits per heavy atom. The highest BCUT2D eigenvalue weighted by molar-refractivity contribution is 5.85. The largest absolute Gasteiger partial charge is 0.478 e. The SMILES string of the molecule is CC1CCCN(Cc2ccccc2C=CC(=O)O)CC1. The van der Waals surface area contributed by atoms with E-state index in [9.17, 15) is 4.79 Å². The lowest BCUT2D eigenvalue weighted by atomic mass is 10.0. The van der Waals surface area contributed by atoms with E-state index in [4.69, 9.17) is 5.11 Å². The van der Waals surface area contributed by atoms with Crippen LogP contribution >= 0.6 is 0 Å². The summed E-state index contributed by atoms with van der Waals surface area (Å²) in [5, 5.41) is 8.76. The maximum atomic E-state index is 10.7. The van der Waals surface area contributed by atoms with Gasteiger partial charge in [0.05, 0.1) is 0 Å². The monoisotopic (exact) mass is 273 g/mol. The zero-order valence-corrected chi connectivity index (χ0v) is 12.1. The van der Waals surface area contributed by atoms with Crippen molar-refractivity contribution in [3.63, 3.8) is 0 Å². The summed E-state index contributed by atoms with van der Waals surface area (Å²) in [6.45, 7) is 5.51. The lowest BCUT2D eigenvalue weighted by molar-refractivity contribution is -0.131. The number of aliphatic carboxylic acids is 1. The first-order valence-corrected chi connectivity index (χ1v) is 7.36. The van der Waals surface area contributed by atoms with Crippen LogP contribution in [0.15, 0.2) is 30.3 Å². The highest BCUT2D eigenvalue weighted by Gasteiger charge is 2.14. The van der Waals surface area contributed by atoms with E-state index >= 15 is 0 Å². The van der Waals surface area contributed by atoms with E-state index in [1.807, 2.05) is 18.2 Å². The standard InChI is InChI=1S/C17H23NO2/c1-14-5-4-11-18(12-10-14)13-16-7-3-2-6-15(16)8-9-17(19)20/h2-3,6-9,14H,4-5,10-13H2,1H3,(H,19,20). The molecule has 1 aliphatic rings. The molecule has 1 atom stereocenters. The minimum atomic E-state index is -0.900. The Kier molecular flexibility index (Phi) is 5.36. The normalized spacial score (nSPS) is 20.9. The lowest BCUT2D eigenvalue weighted by Gasteiger charge is -2.21. The molecule has 1 aliphatic heterocycles. The number of carboxylic acids is 1. The van der Waals surface area contributed by atoms with E-state index in [0.717, 1.165) is 31.1 Å². The number of hydrogen-bond donors (Lipinski definition) is 1. The number of benzene rings is 1. The predicted molar refractivity (Wildman–Crippen MR) is 81.4 cm³/mol. The van der Waals surface area contributed by atoms with Crippen molar-refractivity contribution in [2.75, 3.05) is 13.1 Å². The first-order chi connectivity index (χ1) is 9.65. The highest BCUT2D eigenvalue weighted by Crippen LogP contribution is 2.20. The first-order valence-electron chi connectivity index (χ1n) is 7.36. The van der Waals surface area contributed by atoms with Crippen molar-refractivity contribution >= 4 is 12.0 Å². The molecule has 0 aliphatic carbocycles. The molecule has 0 aromatic heterocycles. The number of nitrogens with zero attached hydrogens (tertiary/aromatic N) is 1. The second-order valence-corrected chi connectivity index (χ2v) is 5.68. The Morgan fingerprint density at radius 1 is 1.35 bits per heavy atom. The molecule has 1 saturated heterocycles. The van der Waals surface area contributed by atoms with E-state index in [1.165, 1.54) is 30.9 Å². The lowest BCUT2D eigenvalue weighted by Crippen LogP contribution is -2.24. The maximum Gasteiger partial charge on any atom is 0.328 e. The zero-order valence-electron chi connectivity index (χ0n) is 12.1. The summed E-state index contributed by atoms with van der Waals surface area (Å²) in [4.78, 5) is 13.1. The summed E-state index contributed by atoms with van der Waals surface area (Å²) in [5.41, 5.74) is 2.21. The van der Waals surface area contributed by atoms with Gasteiger partial charge in [-0.15, -0.1) is 0 Å². The van der Waals surface area contributed by atoms with Gasteiger partial charge in [0, 0.05) is 12.6 Å². The van der Waals surface area contributed by atoms with Gasteiger partial charge in [-0.1, -0.05) is 31.2 Å². The molecule has 0 spiro atoms. The third-order valence-electron chi connectivity index (χ3n) is 3.96. The molecule has 0 saturated carbocycles. The summed E-state index contributed by atoms with van der Waals surface area (Å²) >= 11 is 0. The van der Waals surface area contributed by atoms with E-state index in [1.54, 1.807) is 6.08 Å². The molecular formula is C17H23NO2. The molecule has 1 N–H and O–H groups in total. The average molecular weight is 273 g/mol. The topological polar surface area (TPSA) is 40.5 Å². The van der Waals surface area contributed by atoms with Crippen LogP contribution in [-0.2, 0) is 11.3 Å². The Balaban J connectivity index is 2.06. The van der Waals surface area contributed by atoms with Crippen LogP contribution in [0.1, 0.15) is 37.3 Å². The van der Waals surface area contributed by atoms with Crippen molar-refractivity contribution in [1.82, 2.24) is 4.90 Å². The summed E-state index contributed by atoms with van der Waals surface area (Å²) < 4.78 is 0. The van der Waals surface area contributed by atoms with Gasteiger partial charge in [-0.25, -0.2) is 4.79 Å². The minimum absolute atomic E-state index is 0.821. The fraction of sp³-hybridized carbons (Fsp3) is 0.471. The fourth-order valence-electron chi connectivity index (χ4n) is 2.72. The van der Waals surface area contributed by atoms with E-state index in [0.29, 0.717) is 0 Å². The van der Waals surface area contributed by atoms with Crippen molar-refractivity contribution in [2.24, 2.45) is 5.92 Å². The Bertz CT molecular complexity index is 482. The Hall–Kier alpha value is -1.61.